The van der Waals surface area contributed by atoms with Crippen molar-refractivity contribution in [1.29, 1.82) is 0 Å². The molecule has 0 aromatic carbocycles. The zero-order chi connectivity index (χ0) is 60.5. The molecule has 82 heavy (non-hydrogen) atoms. The summed E-state index contributed by atoms with van der Waals surface area (Å²) in [6.45, 7) is 4.73. The van der Waals surface area contributed by atoms with Crippen LogP contribution in [-0.4, -0.2) is 96.7 Å². The summed E-state index contributed by atoms with van der Waals surface area (Å²) in [6, 6.07) is 0. The molecular formula is C63H118O17P2. The molecule has 5 atom stereocenters. The maximum atomic E-state index is 13.0. The Balaban J connectivity index is 5.21. The fourth-order valence-electron chi connectivity index (χ4n) is 8.92. The first-order valence-electron chi connectivity index (χ1n) is 32.6. The van der Waals surface area contributed by atoms with Crippen molar-refractivity contribution in [2.45, 2.75) is 316 Å². The fourth-order valence-corrected chi connectivity index (χ4v) is 10.5. The van der Waals surface area contributed by atoms with Crippen LogP contribution in [-0.2, 0) is 65.4 Å². The lowest BCUT2D eigenvalue weighted by Crippen LogP contribution is -2.30. The van der Waals surface area contributed by atoms with E-state index >= 15 is 0 Å². The molecule has 0 saturated heterocycles. The number of aliphatic hydroxyl groups is 1. The lowest BCUT2D eigenvalue weighted by molar-refractivity contribution is -0.161. The van der Waals surface area contributed by atoms with Crippen LogP contribution in [0.3, 0.4) is 0 Å². The largest absolute Gasteiger partial charge is 0.472 e. The van der Waals surface area contributed by atoms with Gasteiger partial charge in [-0.1, -0.05) is 245 Å². The summed E-state index contributed by atoms with van der Waals surface area (Å²) in [5, 5.41) is 10.5. The van der Waals surface area contributed by atoms with E-state index in [2.05, 4.69) is 52.0 Å². The number of phosphoric ester groups is 2. The Hall–Kier alpha value is -2.46. The van der Waals surface area contributed by atoms with Crippen LogP contribution in [0.25, 0.3) is 0 Å². The number of carbonyl (C=O) groups excluding carboxylic acids is 4. The number of carbonyl (C=O) groups is 4. The van der Waals surface area contributed by atoms with E-state index in [-0.39, 0.29) is 25.7 Å². The zero-order valence-electron chi connectivity index (χ0n) is 51.9. The van der Waals surface area contributed by atoms with E-state index in [1.807, 2.05) is 0 Å². The molecule has 0 aliphatic heterocycles. The molecule has 2 unspecified atom stereocenters. The van der Waals surface area contributed by atoms with Gasteiger partial charge in [-0.25, -0.2) is 9.13 Å². The number of ether oxygens (including phenoxy) is 4. The summed E-state index contributed by atoms with van der Waals surface area (Å²) < 4.78 is 67.7. The van der Waals surface area contributed by atoms with Gasteiger partial charge in [0.05, 0.1) is 26.4 Å². The van der Waals surface area contributed by atoms with Gasteiger partial charge >= 0.3 is 39.5 Å². The Bertz CT molecular complexity index is 1680. The van der Waals surface area contributed by atoms with Gasteiger partial charge in [0.25, 0.3) is 0 Å². The number of hydrogen-bond donors (Lipinski definition) is 3. The van der Waals surface area contributed by atoms with Gasteiger partial charge in [-0.15, -0.1) is 0 Å². The monoisotopic (exact) mass is 1210 g/mol. The highest BCUT2D eigenvalue weighted by molar-refractivity contribution is 7.47. The molecule has 0 rings (SSSR count). The first kappa shape index (κ1) is 79.5. The molecule has 0 aliphatic carbocycles. The Morgan fingerprint density at radius 2 is 0.585 bits per heavy atom. The number of esters is 4. The number of allylic oxidation sites excluding steroid dienone is 4. The lowest BCUT2D eigenvalue weighted by Gasteiger charge is -2.21. The van der Waals surface area contributed by atoms with Crippen molar-refractivity contribution in [3.8, 4) is 0 Å². The Labute approximate surface area is 497 Å². The fraction of sp³-hybridized carbons (Fsp3) is 0.873. The molecular weight excluding hydrogens is 1090 g/mol. The van der Waals surface area contributed by atoms with Gasteiger partial charge in [-0.2, -0.15) is 0 Å². The number of hydrogen-bond acceptors (Lipinski definition) is 15. The van der Waals surface area contributed by atoms with E-state index in [9.17, 15) is 43.2 Å². The average Bonchev–Trinajstić information content (AvgIpc) is 3.45. The van der Waals surface area contributed by atoms with Gasteiger partial charge in [0, 0.05) is 25.7 Å². The molecule has 0 fully saturated rings. The average molecular weight is 1210 g/mol. The van der Waals surface area contributed by atoms with E-state index in [1.165, 1.54) is 109 Å². The zero-order valence-corrected chi connectivity index (χ0v) is 53.7. The van der Waals surface area contributed by atoms with Crippen molar-refractivity contribution in [3.05, 3.63) is 24.3 Å². The molecule has 17 nitrogen and oxygen atoms in total. The summed E-state index contributed by atoms with van der Waals surface area (Å²) >= 11 is 0. The topological polar surface area (TPSA) is 237 Å². The molecule has 19 heteroatoms. The van der Waals surface area contributed by atoms with Crippen LogP contribution in [0.5, 0.6) is 0 Å². The molecule has 0 bridgehead atoms. The van der Waals surface area contributed by atoms with E-state index in [1.54, 1.807) is 0 Å². The minimum absolute atomic E-state index is 0.0854. The quantitative estimate of drug-likeness (QED) is 0.0169. The molecule has 0 aliphatic rings. The van der Waals surface area contributed by atoms with Crippen LogP contribution in [0.2, 0.25) is 0 Å². The van der Waals surface area contributed by atoms with Crippen LogP contribution in [0.4, 0.5) is 0 Å². The van der Waals surface area contributed by atoms with Crippen LogP contribution in [0.1, 0.15) is 297 Å². The third-order valence-corrected chi connectivity index (χ3v) is 15.9. The van der Waals surface area contributed by atoms with Gasteiger partial charge in [0.2, 0.25) is 0 Å². The number of aliphatic hydroxyl groups excluding tert-OH is 1. The predicted octanol–water partition coefficient (Wildman–Crippen LogP) is 17.1. The summed E-state index contributed by atoms with van der Waals surface area (Å²) in [5.41, 5.74) is 0. The van der Waals surface area contributed by atoms with Crippen molar-refractivity contribution in [1.82, 2.24) is 0 Å². The lowest BCUT2D eigenvalue weighted by atomic mass is 10.1. The van der Waals surface area contributed by atoms with Crippen LogP contribution >= 0.6 is 15.6 Å². The molecule has 0 heterocycles. The number of phosphoric acid groups is 2. The van der Waals surface area contributed by atoms with E-state index < -0.39 is 97.5 Å². The molecule has 0 aromatic rings. The van der Waals surface area contributed by atoms with Gasteiger partial charge in [0.15, 0.2) is 12.2 Å². The number of rotatable bonds is 62. The third kappa shape index (κ3) is 56.7. The van der Waals surface area contributed by atoms with E-state index in [0.29, 0.717) is 25.7 Å². The van der Waals surface area contributed by atoms with Gasteiger partial charge in [-0.3, -0.25) is 37.3 Å². The molecule has 0 spiro atoms. The van der Waals surface area contributed by atoms with Gasteiger partial charge < -0.3 is 33.8 Å². The molecule has 0 aromatic heterocycles. The summed E-state index contributed by atoms with van der Waals surface area (Å²) in [5.74, 6) is -2.17. The second kappa shape index (κ2) is 57.6. The van der Waals surface area contributed by atoms with Crippen molar-refractivity contribution in [3.63, 3.8) is 0 Å². The Kier molecular flexibility index (Phi) is 55.9. The number of unbranched alkanes of at least 4 members (excludes halogenated alkanes) is 33. The van der Waals surface area contributed by atoms with Crippen LogP contribution in [0.15, 0.2) is 24.3 Å². The Morgan fingerprint density at radius 1 is 0.341 bits per heavy atom. The summed E-state index contributed by atoms with van der Waals surface area (Å²) in [4.78, 5) is 71.9. The highest BCUT2D eigenvalue weighted by Gasteiger charge is 2.30. The minimum atomic E-state index is -4.95. The second-order valence-electron chi connectivity index (χ2n) is 22.1. The van der Waals surface area contributed by atoms with Crippen molar-refractivity contribution < 1.29 is 80.2 Å². The minimum Gasteiger partial charge on any atom is -0.462 e. The maximum absolute atomic E-state index is 13.0. The van der Waals surface area contributed by atoms with Crippen molar-refractivity contribution in [2.75, 3.05) is 39.6 Å². The van der Waals surface area contributed by atoms with Gasteiger partial charge in [0.1, 0.15) is 19.3 Å². The van der Waals surface area contributed by atoms with Gasteiger partial charge in [-0.05, 0) is 51.4 Å². The maximum Gasteiger partial charge on any atom is 0.472 e. The molecule has 3 N–H and O–H groups in total. The van der Waals surface area contributed by atoms with Crippen LogP contribution < -0.4 is 0 Å². The SMILES string of the molecule is CCCCCC/C=C\C=C/CCCCCCCC(=O)O[C@H](COC(=O)CCCCCCCCCCCCC)COP(=O)(O)OC[C@@H](O)COP(=O)(O)OC[C@@H](COC(=O)CCCCCCC)OC(=O)CCCCCCCCCCCCC. The van der Waals surface area contributed by atoms with Crippen LogP contribution in [0, 0.1) is 0 Å². The first-order valence-corrected chi connectivity index (χ1v) is 35.6. The molecule has 0 amide bonds. The molecule has 0 saturated carbocycles. The molecule has 482 valence electrons. The van der Waals surface area contributed by atoms with Crippen molar-refractivity contribution >= 4 is 39.5 Å². The Morgan fingerprint density at radius 3 is 0.890 bits per heavy atom. The highest BCUT2D eigenvalue weighted by atomic mass is 31.2. The van der Waals surface area contributed by atoms with Crippen molar-refractivity contribution in [2.24, 2.45) is 0 Å². The highest BCUT2D eigenvalue weighted by Crippen LogP contribution is 2.45. The summed E-state index contributed by atoms with van der Waals surface area (Å²) in [6.07, 6.45) is 45.5. The smallest absolute Gasteiger partial charge is 0.462 e. The third-order valence-electron chi connectivity index (χ3n) is 14.0. The van der Waals surface area contributed by atoms with E-state index in [4.69, 9.17) is 37.0 Å². The van der Waals surface area contributed by atoms with E-state index in [0.717, 1.165) is 109 Å². The normalized spacial score (nSPS) is 14.4. The first-order chi connectivity index (χ1) is 39.7. The second-order valence-corrected chi connectivity index (χ2v) is 25.0. The molecule has 0 radical (unpaired) electrons. The predicted molar refractivity (Wildman–Crippen MR) is 326 cm³/mol. The summed E-state index contributed by atoms with van der Waals surface area (Å²) in [7, 11) is -9.89. The standard InChI is InChI=1S/C63H118O17P2/c1-5-9-13-17-20-23-26-27-28-29-32-35-38-42-46-50-63(68)80-59(54-74-61(66)48-44-40-36-33-30-24-21-18-14-10-6-2)56-78-82(71,72)76-52-57(64)51-75-81(69,70)77-55-58(53-73-60(65)47-43-39-16-12-8-4)79-62(67)49-45-41-37-34-31-25-22-19-15-11-7-3/h23,26-28,57-59,64H,5-22,24-25,29-56H2,1-4H3,(H,69,70)(H,71,72)/b26-23-,28-27-/t57-,58+,59+/m0/s1.